The predicted molar refractivity (Wildman–Crippen MR) is 92.6 cm³/mol. The van der Waals surface area contributed by atoms with E-state index in [2.05, 4.69) is 4.73 Å². The van der Waals surface area contributed by atoms with Crippen LogP contribution < -0.4 is 0 Å². The highest BCUT2D eigenvalue weighted by Gasteiger charge is 2.41. The topological polar surface area (TPSA) is 82.6 Å². The second-order valence-corrected chi connectivity index (χ2v) is 10.1. The zero-order valence-electron chi connectivity index (χ0n) is 16.0. The number of halogens is 1. The summed E-state index contributed by atoms with van der Waals surface area (Å²) < 4.78 is 37.3. The number of aliphatic hydroxyl groups is 1. The Hall–Kier alpha value is -0.570. The molecule has 1 heterocycles. The Balaban J connectivity index is 2.61. The maximum absolute atomic E-state index is 12.8. The number of carbonyl (C=O) groups is 1. The van der Waals surface area contributed by atoms with Crippen LogP contribution in [0.5, 0.6) is 0 Å². The highest BCUT2D eigenvalue weighted by atomic mass is 31.2. The number of nitrogens with zero attached hydrogens (tertiary/aromatic N) is 3. The van der Waals surface area contributed by atoms with Crippen molar-refractivity contribution in [2.75, 3.05) is 46.9 Å². The molecule has 1 amide bonds. The van der Waals surface area contributed by atoms with Crippen molar-refractivity contribution in [3.8, 4) is 0 Å². The fourth-order valence-corrected chi connectivity index (χ4v) is 3.91. The molecule has 0 saturated carbocycles. The van der Waals surface area contributed by atoms with Gasteiger partial charge in [0.25, 0.3) is 5.91 Å². The molecule has 1 atom stereocenters. The first-order valence-electron chi connectivity index (χ1n) is 8.33. The molecule has 1 saturated heterocycles. The monoisotopic (exact) mass is 383 g/mol. The van der Waals surface area contributed by atoms with Crippen LogP contribution in [0.15, 0.2) is 0 Å². The average Bonchev–Trinajstić information content (AvgIpc) is 2.51. The van der Waals surface area contributed by atoms with Gasteiger partial charge in [-0.2, -0.15) is 0 Å². The Morgan fingerprint density at radius 1 is 1.20 bits per heavy atom. The summed E-state index contributed by atoms with van der Waals surface area (Å²) in [4.78, 5) is 14.3. The number of piperazine rings is 1. The van der Waals surface area contributed by atoms with E-state index in [1.807, 2.05) is 0 Å². The summed E-state index contributed by atoms with van der Waals surface area (Å²) in [5.74, 6) is -0.191. The molecule has 10 heteroatoms. The number of rotatable bonds is 8. The Morgan fingerprint density at radius 3 is 2.12 bits per heavy atom. The van der Waals surface area contributed by atoms with Crippen molar-refractivity contribution in [2.45, 2.75) is 45.3 Å². The molecule has 0 aromatic heterocycles. The van der Waals surface area contributed by atoms with Crippen LogP contribution in [0.25, 0.3) is 0 Å². The molecular weight excluding hydrogens is 352 g/mol. The van der Waals surface area contributed by atoms with Crippen LogP contribution in [0.1, 0.15) is 34.1 Å². The van der Waals surface area contributed by atoms with Gasteiger partial charge < -0.3 is 14.7 Å². The summed E-state index contributed by atoms with van der Waals surface area (Å²) in [6.45, 7) is 8.07. The van der Waals surface area contributed by atoms with Crippen molar-refractivity contribution < 1.29 is 28.5 Å². The predicted octanol–water partition coefficient (Wildman–Crippen LogP) is 1.66. The molecule has 0 aromatic carbocycles. The van der Waals surface area contributed by atoms with E-state index in [4.69, 9.17) is 4.74 Å². The normalized spacial score (nSPS) is 20.0. The molecule has 1 N–H and O–H groups in total. The van der Waals surface area contributed by atoms with Crippen LogP contribution in [0.4, 0.5) is 4.53 Å². The Labute approximate surface area is 149 Å². The van der Waals surface area contributed by atoms with Crippen molar-refractivity contribution in [1.29, 1.82) is 0 Å². The standard InChI is InChI=1S/C15H31FN3O5P/c1-14(2,21)7-12-23-15(3,4)13(20)18-8-10-19(11-9-18)25(22,24-16)17(5)6/h21H,7-12H2,1-6H3. The molecular formula is C15H31FN3O5P. The van der Waals surface area contributed by atoms with Gasteiger partial charge in [-0.15, -0.1) is 4.73 Å². The van der Waals surface area contributed by atoms with Gasteiger partial charge in [0.15, 0.2) is 0 Å². The lowest BCUT2D eigenvalue weighted by Crippen LogP contribution is -2.54. The highest BCUT2D eigenvalue weighted by Crippen LogP contribution is 2.53. The van der Waals surface area contributed by atoms with Crippen LogP contribution in [-0.2, 0) is 18.8 Å². The minimum atomic E-state index is -3.68. The van der Waals surface area contributed by atoms with Crippen LogP contribution in [0.2, 0.25) is 0 Å². The van der Waals surface area contributed by atoms with Crippen molar-refractivity contribution in [2.24, 2.45) is 0 Å². The van der Waals surface area contributed by atoms with Gasteiger partial charge in [0.05, 0.1) is 12.2 Å². The third kappa shape index (κ3) is 5.98. The number of amides is 1. The van der Waals surface area contributed by atoms with E-state index in [0.717, 1.165) is 0 Å². The first kappa shape index (κ1) is 22.5. The fourth-order valence-electron chi connectivity index (χ4n) is 2.51. The van der Waals surface area contributed by atoms with Gasteiger partial charge in [-0.25, -0.2) is 9.34 Å². The Morgan fingerprint density at radius 2 is 1.72 bits per heavy atom. The van der Waals surface area contributed by atoms with Gasteiger partial charge in [0.1, 0.15) is 5.60 Å². The quantitative estimate of drug-likeness (QED) is 0.638. The van der Waals surface area contributed by atoms with E-state index in [1.165, 1.54) is 23.4 Å². The first-order chi connectivity index (χ1) is 11.3. The molecule has 1 unspecified atom stereocenters. The molecule has 0 bridgehead atoms. The van der Waals surface area contributed by atoms with Gasteiger partial charge in [-0.3, -0.25) is 9.36 Å². The molecule has 1 fully saturated rings. The summed E-state index contributed by atoms with van der Waals surface area (Å²) in [6, 6.07) is 0. The largest absolute Gasteiger partial charge is 0.390 e. The molecule has 0 aliphatic carbocycles. The molecule has 8 nitrogen and oxygen atoms in total. The third-order valence-corrected chi connectivity index (χ3v) is 6.49. The molecule has 148 valence electrons. The van der Waals surface area contributed by atoms with E-state index in [0.29, 0.717) is 19.5 Å². The lowest BCUT2D eigenvalue weighted by molar-refractivity contribution is -0.157. The molecule has 1 rings (SSSR count). The highest BCUT2D eigenvalue weighted by molar-refractivity contribution is 7.53. The maximum atomic E-state index is 12.8. The van der Waals surface area contributed by atoms with Crippen molar-refractivity contribution >= 4 is 13.6 Å². The van der Waals surface area contributed by atoms with E-state index < -0.39 is 18.9 Å². The van der Waals surface area contributed by atoms with E-state index >= 15 is 0 Å². The Kier molecular flexibility index (Phi) is 7.56. The van der Waals surface area contributed by atoms with Crippen molar-refractivity contribution in [1.82, 2.24) is 14.2 Å². The molecule has 0 aromatic rings. The molecule has 1 aliphatic rings. The molecule has 1 aliphatic heterocycles. The maximum Gasteiger partial charge on any atom is 0.378 e. The van der Waals surface area contributed by atoms with Crippen LogP contribution in [0, 0.1) is 0 Å². The Bertz CT molecular complexity index is 502. The summed E-state index contributed by atoms with van der Waals surface area (Å²) in [5, 5.41) is 9.72. The van der Waals surface area contributed by atoms with Crippen molar-refractivity contribution in [3.63, 3.8) is 0 Å². The van der Waals surface area contributed by atoms with E-state index in [-0.39, 0.29) is 25.6 Å². The number of ether oxygens (including phenoxy) is 1. The zero-order valence-corrected chi connectivity index (χ0v) is 16.9. The van der Waals surface area contributed by atoms with Crippen LogP contribution >= 0.6 is 7.67 Å². The van der Waals surface area contributed by atoms with Gasteiger partial charge in [0.2, 0.25) is 0 Å². The van der Waals surface area contributed by atoms with Gasteiger partial charge in [-0.1, -0.05) is 0 Å². The number of hydrogen-bond donors (Lipinski definition) is 1. The minimum Gasteiger partial charge on any atom is -0.390 e. The zero-order chi connectivity index (χ0) is 19.5. The summed E-state index contributed by atoms with van der Waals surface area (Å²) >= 11 is 0. The summed E-state index contributed by atoms with van der Waals surface area (Å²) in [5.41, 5.74) is -1.89. The third-order valence-electron chi connectivity index (χ3n) is 4.19. The first-order valence-corrected chi connectivity index (χ1v) is 9.86. The smallest absolute Gasteiger partial charge is 0.378 e. The summed E-state index contributed by atoms with van der Waals surface area (Å²) in [7, 11) is -0.711. The second-order valence-electron chi connectivity index (χ2n) is 7.57. The lowest BCUT2D eigenvalue weighted by Gasteiger charge is -2.40. The van der Waals surface area contributed by atoms with E-state index in [9.17, 15) is 19.0 Å². The second kappa shape index (κ2) is 8.41. The lowest BCUT2D eigenvalue weighted by atomic mass is 10.0. The number of carbonyl (C=O) groups excluding carboxylic acids is 1. The van der Waals surface area contributed by atoms with Gasteiger partial charge >= 0.3 is 7.67 Å². The molecule has 0 spiro atoms. The fraction of sp³-hybridized carbons (Fsp3) is 0.933. The number of hydrogen-bond acceptors (Lipinski definition) is 5. The van der Waals surface area contributed by atoms with Gasteiger partial charge in [0, 0.05) is 26.2 Å². The summed E-state index contributed by atoms with van der Waals surface area (Å²) in [6.07, 6.45) is 0.414. The average molecular weight is 383 g/mol. The SMILES string of the molecule is CN(C)P(=O)(OF)N1CCN(C(=O)C(C)(C)OCCC(C)(C)O)CC1. The van der Waals surface area contributed by atoms with E-state index in [1.54, 1.807) is 32.6 Å². The van der Waals surface area contributed by atoms with Crippen molar-refractivity contribution in [3.05, 3.63) is 0 Å². The molecule has 0 radical (unpaired) electrons. The van der Waals surface area contributed by atoms with Gasteiger partial charge in [-0.05, 0) is 52.7 Å². The minimum absolute atomic E-state index is 0.191. The van der Waals surface area contributed by atoms with Crippen LogP contribution in [0.3, 0.4) is 0 Å². The molecule has 25 heavy (non-hydrogen) atoms. The van der Waals surface area contributed by atoms with Crippen LogP contribution in [-0.4, -0.2) is 83.3 Å².